The first-order valence-electron chi connectivity index (χ1n) is 7.76. The van der Waals surface area contributed by atoms with E-state index in [1.54, 1.807) is 7.11 Å². The number of hydrogen-bond acceptors (Lipinski definition) is 8. The standard InChI is InChI=1S/C14H27NO7S/c1-19-6-7-20-8-9-21-10-11-22-14(16)2-3-15-4-12-23(17,18)13-5-15/h2-13H2,1H3. The third kappa shape index (κ3) is 10.6. The molecule has 0 saturated carbocycles. The zero-order chi connectivity index (χ0) is 17.0. The van der Waals surface area contributed by atoms with Crippen LogP contribution in [0, 0.1) is 0 Å². The first kappa shape index (κ1) is 20.3. The van der Waals surface area contributed by atoms with Crippen LogP contribution in [0.5, 0.6) is 0 Å². The number of methoxy groups -OCH3 is 1. The Labute approximate surface area is 137 Å². The van der Waals surface area contributed by atoms with Gasteiger partial charge in [-0.3, -0.25) is 4.79 Å². The molecular weight excluding hydrogens is 326 g/mol. The normalized spacial score (nSPS) is 18.0. The molecule has 136 valence electrons. The van der Waals surface area contributed by atoms with E-state index in [9.17, 15) is 13.2 Å². The Morgan fingerprint density at radius 2 is 1.52 bits per heavy atom. The summed E-state index contributed by atoms with van der Waals surface area (Å²) in [7, 11) is -1.26. The Hall–Kier alpha value is -0.740. The van der Waals surface area contributed by atoms with Crippen LogP contribution in [0.4, 0.5) is 0 Å². The highest BCUT2D eigenvalue weighted by atomic mass is 32.2. The molecule has 0 unspecified atom stereocenters. The fraction of sp³-hybridized carbons (Fsp3) is 0.929. The molecule has 0 aromatic rings. The molecule has 0 bridgehead atoms. The van der Waals surface area contributed by atoms with Gasteiger partial charge in [-0.05, 0) is 0 Å². The molecule has 1 fully saturated rings. The van der Waals surface area contributed by atoms with E-state index >= 15 is 0 Å². The number of hydrogen-bond donors (Lipinski definition) is 0. The summed E-state index contributed by atoms with van der Waals surface area (Å²) in [6.07, 6.45) is 0.264. The topological polar surface area (TPSA) is 91.4 Å². The van der Waals surface area contributed by atoms with Crippen LogP contribution in [0.2, 0.25) is 0 Å². The number of nitrogens with zero attached hydrogens (tertiary/aromatic N) is 1. The molecule has 0 aliphatic carbocycles. The minimum absolute atomic E-state index is 0.169. The smallest absolute Gasteiger partial charge is 0.307 e. The Bertz CT molecular complexity index is 413. The van der Waals surface area contributed by atoms with E-state index in [-0.39, 0.29) is 30.5 Å². The number of ether oxygens (including phenoxy) is 4. The SMILES string of the molecule is COCCOCCOCCOC(=O)CCN1CCS(=O)(=O)CC1. The number of sulfone groups is 1. The maximum absolute atomic E-state index is 11.6. The van der Waals surface area contributed by atoms with Crippen LogP contribution in [0.3, 0.4) is 0 Å². The Balaban J connectivity index is 1.91. The van der Waals surface area contributed by atoms with Crippen molar-refractivity contribution in [2.24, 2.45) is 0 Å². The highest BCUT2D eigenvalue weighted by molar-refractivity contribution is 7.91. The summed E-state index contributed by atoms with van der Waals surface area (Å²) in [5.41, 5.74) is 0. The lowest BCUT2D eigenvalue weighted by molar-refractivity contribution is -0.145. The molecule has 1 rings (SSSR count). The van der Waals surface area contributed by atoms with Crippen molar-refractivity contribution in [2.75, 3.05) is 77.9 Å². The van der Waals surface area contributed by atoms with Crippen molar-refractivity contribution in [1.29, 1.82) is 0 Å². The van der Waals surface area contributed by atoms with Crippen LogP contribution in [-0.4, -0.2) is 97.2 Å². The van der Waals surface area contributed by atoms with Gasteiger partial charge in [0.25, 0.3) is 0 Å². The molecule has 9 heteroatoms. The first-order valence-corrected chi connectivity index (χ1v) is 9.58. The van der Waals surface area contributed by atoms with E-state index in [2.05, 4.69) is 0 Å². The van der Waals surface area contributed by atoms with E-state index in [0.29, 0.717) is 52.7 Å². The summed E-state index contributed by atoms with van der Waals surface area (Å²) < 4.78 is 42.9. The van der Waals surface area contributed by atoms with Gasteiger partial charge in [0, 0.05) is 26.7 Å². The van der Waals surface area contributed by atoms with Crippen molar-refractivity contribution in [3.63, 3.8) is 0 Å². The maximum Gasteiger partial charge on any atom is 0.307 e. The molecule has 0 aromatic carbocycles. The average molecular weight is 353 g/mol. The molecule has 0 aromatic heterocycles. The predicted octanol–water partition coefficient (Wildman–Crippen LogP) is -0.670. The van der Waals surface area contributed by atoms with Crippen molar-refractivity contribution >= 4 is 15.8 Å². The van der Waals surface area contributed by atoms with E-state index in [0.717, 1.165) is 0 Å². The zero-order valence-electron chi connectivity index (χ0n) is 13.7. The molecule has 0 N–H and O–H groups in total. The fourth-order valence-corrected chi connectivity index (χ4v) is 3.25. The van der Waals surface area contributed by atoms with Crippen molar-refractivity contribution in [3.05, 3.63) is 0 Å². The molecule has 0 radical (unpaired) electrons. The number of rotatable bonds is 12. The van der Waals surface area contributed by atoms with Gasteiger partial charge >= 0.3 is 5.97 Å². The molecule has 0 atom stereocenters. The minimum atomic E-state index is -2.88. The van der Waals surface area contributed by atoms with Crippen molar-refractivity contribution < 1.29 is 32.2 Å². The van der Waals surface area contributed by atoms with Gasteiger partial charge in [-0.1, -0.05) is 0 Å². The molecule has 23 heavy (non-hydrogen) atoms. The second-order valence-electron chi connectivity index (χ2n) is 5.18. The van der Waals surface area contributed by atoms with Crippen molar-refractivity contribution in [1.82, 2.24) is 4.90 Å². The quantitative estimate of drug-likeness (QED) is 0.337. The molecular formula is C14H27NO7S. The van der Waals surface area contributed by atoms with Gasteiger partial charge < -0.3 is 23.8 Å². The highest BCUT2D eigenvalue weighted by Gasteiger charge is 2.21. The third-order valence-corrected chi connectivity index (χ3v) is 4.97. The Kier molecular flexibility index (Phi) is 10.4. The van der Waals surface area contributed by atoms with E-state index < -0.39 is 9.84 Å². The Morgan fingerprint density at radius 1 is 0.957 bits per heavy atom. The van der Waals surface area contributed by atoms with E-state index in [4.69, 9.17) is 18.9 Å². The third-order valence-electron chi connectivity index (χ3n) is 3.36. The fourth-order valence-electron chi connectivity index (χ4n) is 1.97. The van der Waals surface area contributed by atoms with E-state index in [1.807, 2.05) is 4.90 Å². The maximum atomic E-state index is 11.6. The Morgan fingerprint density at radius 3 is 2.13 bits per heavy atom. The van der Waals surface area contributed by atoms with Gasteiger partial charge in [-0.2, -0.15) is 0 Å². The number of carbonyl (C=O) groups excluding carboxylic acids is 1. The summed E-state index contributed by atoms with van der Waals surface area (Å²) in [5.74, 6) is 0.0448. The summed E-state index contributed by atoms with van der Waals surface area (Å²) in [4.78, 5) is 13.5. The van der Waals surface area contributed by atoms with Crippen molar-refractivity contribution in [3.8, 4) is 0 Å². The zero-order valence-corrected chi connectivity index (χ0v) is 14.5. The monoisotopic (exact) mass is 353 g/mol. The van der Waals surface area contributed by atoms with Gasteiger partial charge in [0.05, 0.1) is 51.0 Å². The van der Waals surface area contributed by atoms with Crippen LogP contribution in [0.15, 0.2) is 0 Å². The number of esters is 1. The second kappa shape index (κ2) is 11.7. The van der Waals surface area contributed by atoms with Gasteiger partial charge in [0.1, 0.15) is 6.61 Å². The summed E-state index contributed by atoms with van der Waals surface area (Å²) >= 11 is 0. The molecule has 8 nitrogen and oxygen atoms in total. The van der Waals surface area contributed by atoms with Crippen LogP contribution in [0.25, 0.3) is 0 Å². The minimum Gasteiger partial charge on any atom is -0.463 e. The van der Waals surface area contributed by atoms with Gasteiger partial charge in [-0.25, -0.2) is 8.42 Å². The van der Waals surface area contributed by atoms with Crippen LogP contribution >= 0.6 is 0 Å². The van der Waals surface area contributed by atoms with Crippen LogP contribution in [-0.2, 0) is 33.6 Å². The van der Waals surface area contributed by atoms with E-state index in [1.165, 1.54) is 0 Å². The molecule has 1 aliphatic rings. The van der Waals surface area contributed by atoms with Crippen LogP contribution < -0.4 is 0 Å². The lowest BCUT2D eigenvalue weighted by atomic mass is 10.3. The number of carbonyl (C=O) groups is 1. The highest BCUT2D eigenvalue weighted by Crippen LogP contribution is 2.04. The first-order chi connectivity index (χ1) is 11.0. The summed E-state index contributed by atoms with van der Waals surface area (Å²) in [6.45, 7) is 4.07. The summed E-state index contributed by atoms with van der Waals surface area (Å²) in [6, 6.07) is 0. The summed E-state index contributed by atoms with van der Waals surface area (Å²) in [5, 5.41) is 0. The molecule has 1 heterocycles. The molecule has 0 amide bonds. The van der Waals surface area contributed by atoms with Crippen LogP contribution in [0.1, 0.15) is 6.42 Å². The largest absolute Gasteiger partial charge is 0.463 e. The van der Waals surface area contributed by atoms with Gasteiger partial charge in [0.15, 0.2) is 9.84 Å². The van der Waals surface area contributed by atoms with Crippen molar-refractivity contribution in [2.45, 2.75) is 6.42 Å². The average Bonchev–Trinajstić information content (AvgIpc) is 2.52. The lowest BCUT2D eigenvalue weighted by Crippen LogP contribution is -2.41. The van der Waals surface area contributed by atoms with Gasteiger partial charge in [-0.15, -0.1) is 0 Å². The molecule has 1 saturated heterocycles. The molecule has 0 spiro atoms. The second-order valence-corrected chi connectivity index (χ2v) is 7.49. The molecule has 1 aliphatic heterocycles. The lowest BCUT2D eigenvalue weighted by Gasteiger charge is -2.25. The van der Waals surface area contributed by atoms with Gasteiger partial charge in [0.2, 0.25) is 0 Å². The predicted molar refractivity (Wildman–Crippen MR) is 84.2 cm³/mol.